The first-order chi connectivity index (χ1) is 11.0. The number of hydrogen-bond acceptors (Lipinski definition) is 4. The quantitative estimate of drug-likeness (QED) is 0.921. The number of hydrogen-bond donors (Lipinski definition) is 1. The Balaban J connectivity index is 1.76. The van der Waals surface area contributed by atoms with Gasteiger partial charge in [0, 0.05) is 18.8 Å². The van der Waals surface area contributed by atoms with E-state index in [1.54, 1.807) is 6.07 Å². The van der Waals surface area contributed by atoms with Gasteiger partial charge >= 0.3 is 0 Å². The largest absolute Gasteiger partial charge is 0.321 e. The number of thiophene rings is 1. The fraction of sp³-hybridized carbons (Fsp3) is 0.312. The van der Waals surface area contributed by atoms with Crippen LogP contribution >= 0.6 is 11.3 Å². The van der Waals surface area contributed by atoms with Crippen LogP contribution in [0.3, 0.4) is 0 Å². The standard InChI is InChI=1S/C16H18N2O3S2/c1-12-4-6-13(7-5-12)17-16(19)14-8-9-15(22-14)23(20,21)18-10-2-3-11-18/h4-9H,2-3,10-11H2,1H3,(H,17,19). The maximum atomic E-state index is 12.5. The highest BCUT2D eigenvalue weighted by atomic mass is 32.2. The monoisotopic (exact) mass is 350 g/mol. The number of rotatable bonds is 4. The Labute approximate surface area is 140 Å². The van der Waals surface area contributed by atoms with E-state index in [1.165, 1.54) is 10.4 Å². The molecule has 0 atom stereocenters. The van der Waals surface area contributed by atoms with Gasteiger partial charge in [-0.3, -0.25) is 4.79 Å². The summed E-state index contributed by atoms with van der Waals surface area (Å²) in [5.41, 5.74) is 1.80. The summed E-state index contributed by atoms with van der Waals surface area (Å²) in [6.07, 6.45) is 1.79. The molecule has 0 aliphatic carbocycles. The maximum absolute atomic E-state index is 12.5. The van der Waals surface area contributed by atoms with Crippen molar-refractivity contribution in [2.24, 2.45) is 0 Å². The Morgan fingerprint density at radius 3 is 2.39 bits per heavy atom. The lowest BCUT2D eigenvalue weighted by atomic mass is 10.2. The lowest BCUT2D eigenvalue weighted by molar-refractivity contribution is 0.103. The van der Waals surface area contributed by atoms with Crippen LogP contribution in [0.15, 0.2) is 40.6 Å². The van der Waals surface area contributed by atoms with Gasteiger partial charge in [-0.05, 0) is 44.0 Å². The van der Waals surface area contributed by atoms with Gasteiger partial charge in [-0.1, -0.05) is 17.7 Å². The van der Waals surface area contributed by atoms with Gasteiger partial charge in [-0.25, -0.2) is 8.42 Å². The van der Waals surface area contributed by atoms with E-state index < -0.39 is 10.0 Å². The van der Waals surface area contributed by atoms with Crippen molar-refractivity contribution >= 4 is 33.0 Å². The molecule has 1 N–H and O–H groups in total. The molecule has 1 aliphatic rings. The molecule has 1 aliphatic heterocycles. The van der Waals surface area contributed by atoms with Crippen molar-refractivity contribution in [2.45, 2.75) is 24.0 Å². The molecule has 0 spiro atoms. The van der Waals surface area contributed by atoms with E-state index in [-0.39, 0.29) is 10.1 Å². The average molecular weight is 350 g/mol. The number of anilines is 1. The zero-order chi connectivity index (χ0) is 16.4. The fourth-order valence-corrected chi connectivity index (χ4v) is 5.34. The number of nitrogens with one attached hydrogen (secondary N) is 1. The Kier molecular flexibility index (Phi) is 4.52. The first-order valence-corrected chi connectivity index (χ1v) is 9.70. The Morgan fingerprint density at radius 2 is 1.74 bits per heavy atom. The molecular formula is C16H18N2O3S2. The van der Waals surface area contributed by atoms with E-state index in [9.17, 15) is 13.2 Å². The molecule has 1 saturated heterocycles. The minimum atomic E-state index is -3.46. The number of nitrogens with zero attached hydrogens (tertiary/aromatic N) is 1. The van der Waals surface area contributed by atoms with Gasteiger partial charge in [-0.15, -0.1) is 11.3 Å². The maximum Gasteiger partial charge on any atom is 0.265 e. The van der Waals surface area contributed by atoms with Crippen LogP contribution in [-0.2, 0) is 10.0 Å². The zero-order valence-corrected chi connectivity index (χ0v) is 14.4. The second-order valence-corrected chi connectivity index (χ2v) is 8.80. The number of benzene rings is 1. The summed E-state index contributed by atoms with van der Waals surface area (Å²) >= 11 is 1.02. The minimum absolute atomic E-state index is 0.230. The van der Waals surface area contributed by atoms with E-state index >= 15 is 0 Å². The third-order valence-corrected chi connectivity index (χ3v) is 7.22. The van der Waals surface area contributed by atoms with Crippen LogP contribution in [0, 0.1) is 6.92 Å². The molecule has 5 nitrogen and oxygen atoms in total. The van der Waals surface area contributed by atoms with Crippen LogP contribution in [0.2, 0.25) is 0 Å². The Bertz CT molecular complexity index is 804. The molecule has 0 radical (unpaired) electrons. The Morgan fingerprint density at radius 1 is 1.09 bits per heavy atom. The number of carbonyl (C=O) groups is 1. The molecule has 2 aromatic rings. The number of aryl methyl sites for hydroxylation is 1. The molecule has 2 heterocycles. The second kappa shape index (κ2) is 6.43. The second-order valence-electron chi connectivity index (χ2n) is 5.55. The highest BCUT2D eigenvalue weighted by Crippen LogP contribution is 2.27. The predicted octanol–water partition coefficient (Wildman–Crippen LogP) is 3.09. The summed E-state index contributed by atoms with van der Waals surface area (Å²) in [6.45, 7) is 3.09. The van der Waals surface area contributed by atoms with Crippen molar-refractivity contribution < 1.29 is 13.2 Å². The highest BCUT2D eigenvalue weighted by molar-refractivity contribution is 7.91. The number of amides is 1. The van der Waals surface area contributed by atoms with Crippen molar-refractivity contribution in [1.29, 1.82) is 0 Å². The molecule has 7 heteroatoms. The first-order valence-electron chi connectivity index (χ1n) is 7.45. The van der Waals surface area contributed by atoms with Crippen molar-refractivity contribution in [3.05, 3.63) is 46.8 Å². The minimum Gasteiger partial charge on any atom is -0.321 e. The first kappa shape index (κ1) is 16.2. The molecule has 0 unspecified atom stereocenters. The SMILES string of the molecule is Cc1ccc(NC(=O)c2ccc(S(=O)(=O)N3CCCC3)s2)cc1. The van der Waals surface area contributed by atoms with E-state index in [4.69, 9.17) is 0 Å². The highest BCUT2D eigenvalue weighted by Gasteiger charge is 2.29. The van der Waals surface area contributed by atoms with Crippen LogP contribution in [0.4, 0.5) is 5.69 Å². The van der Waals surface area contributed by atoms with Crippen LogP contribution < -0.4 is 5.32 Å². The van der Waals surface area contributed by atoms with Gasteiger partial charge in [0.25, 0.3) is 15.9 Å². The topological polar surface area (TPSA) is 66.5 Å². The predicted molar refractivity (Wildman–Crippen MR) is 91.4 cm³/mol. The lowest BCUT2D eigenvalue weighted by Crippen LogP contribution is -2.27. The third kappa shape index (κ3) is 3.46. The average Bonchev–Trinajstić information content (AvgIpc) is 3.21. The van der Waals surface area contributed by atoms with Gasteiger partial charge in [0.1, 0.15) is 4.21 Å². The van der Waals surface area contributed by atoms with Crippen molar-refractivity contribution in [2.75, 3.05) is 18.4 Å². The number of sulfonamides is 1. The van der Waals surface area contributed by atoms with E-state index in [1.807, 2.05) is 31.2 Å². The van der Waals surface area contributed by atoms with Crippen LogP contribution in [0.5, 0.6) is 0 Å². The molecule has 23 heavy (non-hydrogen) atoms. The fourth-order valence-electron chi connectivity index (χ4n) is 2.47. The van der Waals surface area contributed by atoms with Crippen molar-refractivity contribution in [3.8, 4) is 0 Å². The normalized spacial score (nSPS) is 15.7. The third-order valence-electron chi connectivity index (χ3n) is 3.77. The summed E-state index contributed by atoms with van der Waals surface area (Å²) < 4.78 is 26.7. The summed E-state index contributed by atoms with van der Waals surface area (Å²) in [7, 11) is -3.46. The van der Waals surface area contributed by atoms with Crippen molar-refractivity contribution in [3.63, 3.8) is 0 Å². The smallest absolute Gasteiger partial charge is 0.265 e. The van der Waals surface area contributed by atoms with Gasteiger partial charge in [-0.2, -0.15) is 4.31 Å². The lowest BCUT2D eigenvalue weighted by Gasteiger charge is -2.13. The summed E-state index contributed by atoms with van der Waals surface area (Å²) in [6, 6.07) is 10.5. The molecule has 3 rings (SSSR count). The van der Waals surface area contributed by atoms with Crippen LogP contribution in [0.1, 0.15) is 28.1 Å². The molecule has 1 amide bonds. The van der Waals surface area contributed by atoms with Crippen LogP contribution in [-0.4, -0.2) is 31.7 Å². The van der Waals surface area contributed by atoms with Gasteiger partial charge in [0.05, 0.1) is 4.88 Å². The van der Waals surface area contributed by atoms with Crippen LogP contribution in [0.25, 0.3) is 0 Å². The zero-order valence-electron chi connectivity index (χ0n) is 12.8. The molecule has 0 bridgehead atoms. The van der Waals surface area contributed by atoms with E-state index in [0.717, 1.165) is 29.7 Å². The summed E-state index contributed by atoms with van der Waals surface area (Å²) in [5, 5.41) is 2.78. The molecule has 1 fully saturated rings. The van der Waals surface area contributed by atoms with Gasteiger partial charge in [0.15, 0.2) is 0 Å². The van der Waals surface area contributed by atoms with E-state index in [2.05, 4.69) is 5.32 Å². The molecule has 1 aromatic carbocycles. The van der Waals surface area contributed by atoms with Crippen molar-refractivity contribution in [1.82, 2.24) is 4.31 Å². The van der Waals surface area contributed by atoms with Gasteiger partial charge < -0.3 is 5.32 Å². The summed E-state index contributed by atoms with van der Waals surface area (Å²) in [4.78, 5) is 12.6. The Hall–Kier alpha value is -1.70. The summed E-state index contributed by atoms with van der Waals surface area (Å²) in [5.74, 6) is -0.290. The van der Waals surface area contributed by atoms with Gasteiger partial charge in [0.2, 0.25) is 0 Å². The molecule has 122 valence electrons. The van der Waals surface area contributed by atoms with E-state index in [0.29, 0.717) is 23.7 Å². The molecule has 0 saturated carbocycles. The molecule has 1 aromatic heterocycles. The number of carbonyl (C=O) groups excluding carboxylic acids is 1. The molecular weight excluding hydrogens is 332 g/mol.